The zero-order valence-electron chi connectivity index (χ0n) is 21.9. The molecular formula is C28H39ClFN3O3. The highest BCUT2D eigenvalue weighted by Crippen LogP contribution is 2.40. The third-order valence-electron chi connectivity index (χ3n) is 7.80. The topological polar surface area (TPSA) is 65.4 Å². The Kier molecular flexibility index (Phi) is 8.48. The summed E-state index contributed by atoms with van der Waals surface area (Å²) in [4.78, 5) is 13.0. The van der Waals surface area contributed by atoms with Crippen LogP contribution in [0.2, 0.25) is 5.02 Å². The summed E-state index contributed by atoms with van der Waals surface area (Å²) in [5.74, 6) is 2.28. The summed E-state index contributed by atoms with van der Waals surface area (Å²) < 4.78 is 27.7. The number of aryl methyl sites for hydroxylation is 1. The van der Waals surface area contributed by atoms with Crippen LogP contribution < -0.4 is 14.8 Å². The van der Waals surface area contributed by atoms with Gasteiger partial charge in [0.2, 0.25) is 0 Å². The Balaban J connectivity index is 1.50. The molecule has 1 heterocycles. The van der Waals surface area contributed by atoms with Crippen LogP contribution in [0.5, 0.6) is 11.5 Å². The highest BCUT2D eigenvalue weighted by atomic mass is 35.5. The highest BCUT2D eigenvalue weighted by Gasteiger charge is 2.32. The fourth-order valence-electron chi connectivity index (χ4n) is 5.37. The van der Waals surface area contributed by atoms with E-state index in [0.29, 0.717) is 66.9 Å². The number of carbonyl (C=O) groups excluding carboxylic acids is 1. The summed E-state index contributed by atoms with van der Waals surface area (Å²) in [6.45, 7) is 7.11. The molecule has 2 saturated carbocycles. The zero-order valence-corrected chi connectivity index (χ0v) is 22.7. The molecule has 2 aliphatic carbocycles. The van der Waals surface area contributed by atoms with Crippen LogP contribution in [0.3, 0.4) is 0 Å². The minimum Gasteiger partial charge on any atom is -0.496 e. The molecule has 36 heavy (non-hydrogen) atoms. The van der Waals surface area contributed by atoms with Crippen LogP contribution in [0.25, 0.3) is 11.3 Å². The van der Waals surface area contributed by atoms with Gasteiger partial charge in [-0.25, -0.2) is 4.39 Å². The Labute approximate surface area is 218 Å². The summed E-state index contributed by atoms with van der Waals surface area (Å²) in [5.41, 5.74) is 0.515. The monoisotopic (exact) mass is 519 g/mol. The molecule has 0 atom stereocenters. The minimum absolute atomic E-state index is 0.0168. The van der Waals surface area contributed by atoms with Gasteiger partial charge in [0.25, 0.3) is 5.91 Å². The molecule has 2 fully saturated rings. The van der Waals surface area contributed by atoms with Crippen LogP contribution in [0, 0.1) is 11.8 Å². The number of methoxy groups -OCH3 is 1. The van der Waals surface area contributed by atoms with Crippen LogP contribution in [-0.4, -0.2) is 41.1 Å². The van der Waals surface area contributed by atoms with E-state index in [0.717, 1.165) is 24.3 Å². The maximum Gasteiger partial charge on any atom is 0.273 e. The maximum absolute atomic E-state index is 14.1. The van der Waals surface area contributed by atoms with Crippen molar-refractivity contribution in [2.75, 3.05) is 13.7 Å². The number of carbonyl (C=O) groups is 1. The van der Waals surface area contributed by atoms with E-state index >= 15 is 0 Å². The van der Waals surface area contributed by atoms with Crippen molar-refractivity contribution in [3.05, 3.63) is 28.9 Å². The van der Waals surface area contributed by atoms with E-state index in [1.807, 2.05) is 25.1 Å². The van der Waals surface area contributed by atoms with E-state index in [9.17, 15) is 9.18 Å². The van der Waals surface area contributed by atoms with Gasteiger partial charge in [-0.2, -0.15) is 5.10 Å². The van der Waals surface area contributed by atoms with Gasteiger partial charge in [0.1, 0.15) is 17.2 Å². The molecular weight excluding hydrogens is 481 g/mol. The third kappa shape index (κ3) is 6.16. The normalized spacial score (nSPS) is 26.4. The number of hydrogen-bond donors (Lipinski definition) is 1. The van der Waals surface area contributed by atoms with E-state index in [4.69, 9.17) is 21.1 Å². The van der Waals surface area contributed by atoms with Crippen LogP contribution in [0.15, 0.2) is 18.2 Å². The fraction of sp³-hybridized carbons (Fsp3) is 0.643. The number of hydrogen-bond acceptors (Lipinski definition) is 4. The lowest BCUT2D eigenvalue weighted by molar-refractivity contribution is 0.0578. The predicted octanol–water partition coefficient (Wildman–Crippen LogP) is 6.84. The first kappa shape index (κ1) is 26.8. The first-order valence-corrected chi connectivity index (χ1v) is 13.7. The number of nitrogens with one attached hydrogen (secondary N) is 1. The second-order valence-electron chi connectivity index (χ2n) is 10.8. The van der Waals surface area contributed by atoms with Crippen molar-refractivity contribution in [1.82, 2.24) is 15.1 Å². The third-order valence-corrected chi connectivity index (χ3v) is 8.16. The van der Waals surface area contributed by atoms with Gasteiger partial charge in [0, 0.05) is 24.7 Å². The minimum atomic E-state index is -1.10. The van der Waals surface area contributed by atoms with Crippen molar-refractivity contribution >= 4 is 17.5 Å². The van der Waals surface area contributed by atoms with Crippen LogP contribution in [0.1, 0.15) is 82.6 Å². The quantitative estimate of drug-likeness (QED) is 0.414. The van der Waals surface area contributed by atoms with Crippen molar-refractivity contribution in [3.8, 4) is 22.8 Å². The Bertz CT molecular complexity index is 1050. The Morgan fingerprint density at radius 1 is 1.22 bits per heavy atom. The number of benzene rings is 1. The van der Waals surface area contributed by atoms with Crippen LogP contribution >= 0.6 is 11.6 Å². The van der Waals surface area contributed by atoms with Gasteiger partial charge >= 0.3 is 0 Å². The summed E-state index contributed by atoms with van der Waals surface area (Å²) in [7, 11) is 1.59. The molecule has 1 amide bonds. The molecule has 6 nitrogen and oxygen atoms in total. The smallest absolute Gasteiger partial charge is 0.273 e. The number of halogens is 2. The number of nitrogens with zero attached hydrogens (tertiary/aromatic N) is 2. The lowest BCUT2D eigenvalue weighted by Gasteiger charge is -2.31. The number of aromatic nitrogens is 2. The second kappa shape index (κ2) is 11.4. The number of amides is 1. The van der Waals surface area contributed by atoms with E-state index < -0.39 is 5.67 Å². The average Bonchev–Trinajstić information content (AvgIpc) is 3.20. The molecule has 1 N–H and O–H groups in total. The van der Waals surface area contributed by atoms with E-state index in [1.54, 1.807) is 18.7 Å². The summed E-state index contributed by atoms with van der Waals surface area (Å²) in [5, 5.41) is 7.90. The molecule has 198 valence electrons. The van der Waals surface area contributed by atoms with Crippen molar-refractivity contribution in [2.24, 2.45) is 11.8 Å². The number of ether oxygens (including phenoxy) is 2. The molecule has 2 aliphatic rings. The van der Waals surface area contributed by atoms with E-state index in [1.165, 1.54) is 12.8 Å². The molecule has 1 aromatic heterocycles. The van der Waals surface area contributed by atoms with Gasteiger partial charge in [-0.05, 0) is 76.3 Å². The van der Waals surface area contributed by atoms with Gasteiger partial charge in [0.05, 0.1) is 23.9 Å². The first-order valence-electron chi connectivity index (χ1n) is 13.3. The first-order chi connectivity index (χ1) is 17.2. The molecule has 0 aliphatic heterocycles. The Morgan fingerprint density at radius 2 is 1.92 bits per heavy atom. The maximum atomic E-state index is 14.1. The Hall–Kier alpha value is -2.28. The Morgan fingerprint density at radius 3 is 2.56 bits per heavy atom. The molecule has 0 bridgehead atoms. The summed E-state index contributed by atoms with van der Waals surface area (Å²) in [6.07, 6.45) is 7.07. The number of rotatable bonds is 8. The van der Waals surface area contributed by atoms with Crippen LogP contribution in [0.4, 0.5) is 4.39 Å². The fourth-order valence-corrected chi connectivity index (χ4v) is 5.69. The lowest BCUT2D eigenvalue weighted by Crippen LogP contribution is -2.31. The van der Waals surface area contributed by atoms with Crippen molar-refractivity contribution in [3.63, 3.8) is 0 Å². The van der Waals surface area contributed by atoms with Gasteiger partial charge in [-0.1, -0.05) is 31.4 Å². The molecule has 0 unspecified atom stereocenters. The van der Waals surface area contributed by atoms with Gasteiger partial charge < -0.3 is 14.8 Å². The molecule has 2 aromatic rings. The molecule has 0 saturated heterocycles. The van der Waals surface area contributed by atoms with Gasteiger partial charge in [-0.15, -0.1) is 0 Å². The second-order valence-corrected chi connectivity index (χ2v) is 11.1. The molecule has 0 spiro atoms. The molecule has 0 radical (unpaired) electrons. The zero-order chi connectivity index (χ0) is 25.9. The highest BCUT2D eigenvalue weighted by molar-refractivity contribution is 6.36. The van der Waals surface area contributed by atoms with E-state index in [2.05, 4.69) is 17.3 Å². The van der Waals surface area contributed by atoms with Gasteiger partial charge in [0.15, 0.2) is 5.69 Å². The summed E-state index contributed by atoms with van der Waals surface area (Å²) in [6, 6.07) is 5.58. The molecule has 8 heteroatoms. The predicted molar refractivity (Wildman–Crippen MR) is 141 cm³/mol. The average molecular weight is 520 g/mol. The lowest BCUT2D eigenvalue weighted by atomic mass is 9.83. The van der Waals surface area contributed by atoms with Crippen molar-refractivity contribution < 1.29 is 18.7 Å². The van der Waals surface area contributed by atoms with E-state index in [-0.39, 0.29) is 17.7 Å². The standard InChI is InChI=1S/C28H39ClFN3O3/c1-5-33-26(24(29)25(32-33)27(34)31-17-19-8-6-18(2)7-9-19)22-11-10-21(16-23(22)35-4)36-20-12-14-28(3,30)15-13-20/h10-11,16,18-20H,5-9,12-15,17H2,1-4H3,(H,31,34). The largest absolute Gasteiger partial charge is 0.496 e. The van der Waals surface area contributed by atoms with Crippen LogP contribution in [-0.2, 0) is 6.54 Å². The number of alkyl halides is 1. The van der Waals surface area contributed by atoms with Gasteiger partial charge in [-0.3, -0.25) is 9.48 Å². The van der Waals surface area contributed by atoms with Crippen molar-refractivity contribution in [2.45, 2.75) is 90.5 Å². The SMILES string of the molecule is CCn1nc(C(=O)NCC2CCC(C)CC2)c(Cl)c1-c1ccc(OC2CCC(C)(F)CC2)cc1OC. The van der Waals surface area contributed by atoms with Crippen molar-refractivity contribution in [1.29, 1.82) is 0 Å². The summed E-state index contributed by atoms with van der Waals surface area (Å²) >= 11 is 6.76. The molecule has 4 rings (SSSR count). The molecule has 1 aromatic carbocycles.